The number of aromatic amines is 1. The van der Waals surface area contributed by atoms with Crippen molar-refractivity contribution in [3.8, 4) is 6.01 Å². The SMILES string of the molecule is CCCCc1cc(=O)oc2nc(O/N=C3\CCCC(c4ccccc4)C3)[nH]c(=O)c12. The van der Waals surface area contributed by atoms with Crippen LogP contribution >= 0.6 is 0 Å². The number of hydrogen-bond donors (Lipinski definition) is 1. The lowest BCUT2D eigenvalue weighted by molar-refractivity contribution is 0.306. The number of fused-ring (bicyclic) bond motifs is 1. The van der Waals surface area contributed by atoms with Gasteiger partial charge in [-0.05, 0) is 55.6 Å². The van der Waals surface area contributed by atoms with Crippen LogP contribution in [0.2, 0.25) is 0 Å². The molecule has 2 heterocycles. The maximum absolute atomic E-state index is 12.6. The molecule has 30 heavy (non-hydrogen) atoms. The van der Waals surface area contributed by atoms with E-state index < -0.39 is 11.2 Å². The van der Waals surface area contributed by atoms with Crippen LogP contribution in [-0.2, 0) is 6.42 Å². The van der Waals surface area contributed by atoms with Gasteiger partial charge in [-0.1, -0.05) is 48.8 Å². The molecule has 0 saturated heterocycles. The minimum atomic E-state index is -0.526. The smallest absolute Gasteiger partial charge is 0.337 e. The third kappa shape index (κ3) is 4.50. The third-order valence-electron chi connectivity index (χ3n) is 5.51. The number of nitrogens with zero attached hydrogens (tertiary/aromatic N) is 2. The van der Waals surface area contributed by atoms with Crippen molar-refractivity contribution in [2.45, 2.75) is 57.8 Å². The molecule has 1 N–H and O–H groups in total. The van der Waals surface area contributed by atoms with Crippen molar-refractivity contribution in [1.29, 1.82) is 0 Å². The summed E-state index contributed by atoms with van der Waals surface area (Å²) in [6, 6.07) is 11.7. The van der Waals surface area contributed by atoms with Gasteiger partial charge in [0, 0.05) is 6.07 Å². The molecule has 1 aromatic carbocycles. The maximum atomic E-state index is 12.6. The molecule has 3 aromatic rings. The van der Waals surface area contributed by atoms with E-state index in [1.807, 2.05) is 18.2 Å². The van der Waals surface area contributed by atoms with Gasteiger partial charge in [-0.2, -0.15) is 4.98 Å². The van der Waals surface area contributed by atoms with Crippen molar-refractivity contribution in [1.82, 2.24) is 9.97 Å². The van der Waals surface area contributed by atoms with Crippen LogP contribution in [0, 0.1) is 0 Å². The third-order valence-corrected chi connectivity index (χ3v) is 5.51. The van der Waals surface area contributed by atoms with E-state index >= 15 is 0 Å². The van der Waals surface area contributed by atoms with Gasteiger partial charge in [0.25, 0.3) is 5.56 Å². The quantitative estimate of drug-likeness (QED) is 0.614. The highest BCUT2D eigenvalue weighted by atomic mass is 16.6. The summed E-state index contributed by atoms with van der Waals surface area (Å²) in [6.45, 7) is 2.05. The summed E-state index contributed by atoms with van der Waals surface area (Å²) < 4.78 is 5.16. The van der Waals surface area contributed by atoms with Gasteiger partial charge in [-0.15, -0.1) is 0 Å². The monoisotopic (exact) mass is 407 g/mol. The van der Waals surface area contributed by atoms with E-state index in [2.05, 4.69) is 34.2 Å². The molecule has 0 bridgehead atoms. The molecule has 1 unspecified atom stereocenters. The fourth-order valence-corrected chi connectivity index (χ4v) is 3.98. The molecule has 7 nitrogen and oxygen atoms in total. The van der Waals surface area contributed by atoms with Gasteiger partial charge >= 0.3 is 11.6 Å². The molecule has 1 atom stereocenters. The van der Waals surface area contributed by atoms with Crippen molar-refractivity contribution in [3.63, 3.8) is 0 Å². The maximum Gasteiger partial charge on any atom is 0.337 e. The highest BCUT2D eigenvalue weighted by Gasteiger charge is 2.20. The number of oxime groups is 1. The largest absolute Gasteiger partial charge is 0.403 e. The number of unbranched alkanes of at least 4 members (excludes halogenated alkanes) is 1. The second kappa shape index (κ2) is 9.07. The number of H-pyrrole nitrogens is 1. The Morgan fingerprint density at radius 3 is 2.90 bits per heavy atom. The molecule has 156 valence electrons. The van der Waals surface area contributed by atoms with Gasteiger partial charge in [0.1, 0.15) is 5.39 Å². The second-order valence-electron chi connectivity index (χ2n) is 7.70. The molecule has 1 saturated carbocycles. The zero-order chi connectivity index (χ0) is 20.9. The summed E-state index contributed by atoms with van der Waals surface area (Å²) in [6.07, 6.45) is 6.23. The Morgan fingerprint density at radius 1 is 1.27 bits per heavy atom. The van der Waals surface area contributed by atoms with Crippen LogP contribution in [0.25, 0.3) is 11.1 Å². The summed E-state index contributed by atoms with van der Waals surface area (Å²) in [5.41, 5.74) is 1.93. The molecule has 1 aliphatic carbocycles. The molecular formula is C23H25N3O4. The van der Waals surface area contributed by atoms with Crippen LogP contribution in [0.4, 0.5) is 0 Å². The first-order chi connectivity index (χ1) is 14.6. The first-order valence-electron chi connectivity index (χ1n) is 10.5. The van der Waals surface area contributed by atoms with Crippen LogP contribution in [-0.4, -0.2) is 15.7 Å². The lowest BCUT2D eigenvalue weighted by Gasteiger charge is -2.23. The van der Waals surface area contributed by atoms with E-state index in [1.165, 1.54) is 11.6 Å². The lowest BCUT2D eigenvalue weighted by Crippen LogP contribution is -2.17. The van der Waals surface area contributed by atoms with Crippen LogP contribution < -0.4 is 16.0 Å². The fraction of sp³-hybridized carbons (Fsp3) is 0.391. The van der Waals surface area contributed by atoms with Crippen LogP contribution in [0.1, 0.15) is 62.5 Å². The average Bonchev–Trinajstić information content (AvgIpc) is 2.76. The average molecular weight is 407 g/mol. The lowest BCUT2D eigenvalue weighted by atomic mass is 9.83. The van der Waals surface area contributed by atoms with E-state index in [-0.39, 0.29) is 11.7 Å². The molecular weight excluding hydrogens is 382 g/mol. The summed E-state index contributed by atoms with van der Waals surface area (Å²) in [5.74, 6) is 0.407. The minimum absolute atomic E-state index is 0.0154. The first kappa shape index (κ1) is 20.1. The molecule has 2 aromatic heterocycles. The van der Waals surface area contributed by atoms with Gasteiger partial charge in [-0.25, -0.2) is 4.79 Å². The Bertz CT molecular complexity index is 1160. The predicted octanol–water partition coefficient (Wildman–Crippen LogP) is 4.31. The zero-order valence-corrected chi connectivity index (χ0v) is 17.0. The van der Waals surface area contributed by atoms with Crippen molar-refractivity contribution in [2.24, 2.45) is 5.16 Å². The van der Waals surface area contributed by atoms with E-state index in [0.717, 1.165) is 44.2 Å². The number of benzene rings is 1. The molecule has 0 radical (unpaired) electrons. The van der Waals surface area contributed by atoms with Crippen molar-refractivity contribution < 1.29 is 9.25 Å². The van der Waals surface area contributed by atoms with Crippen LogP contribution in [0.3, 0.4) is 0 Å². The zero-order valence-electron chi connectivity index (χ0n) is 17.0. The molecule has 1 aliphatic rings. The molecule has 4 rings (SSSR count). The van der Waals surface area contributed by atoms with Gasteiger partial charge in [0.2, 0.25) is 5.71 Å². The predicted molar refractivity (Wildman–Crippen MR) is 115 cm³/mol. The van der Waals surface area contributed by atoms with Gasteiger partial charge in [0.15, 0.2) is 0 Å². The van der Waals surface area contributed by atoms with Gasteiger partial charge in [0.05, 0.1) is 5.71 Å². The normalized spacial score (nSPS) is 18.0. The van der Waals surface area contributed by atoms with Crippen molar-refractivity contribution in [2.75, 3.05) is 0 Å². The Balaban J connectivity index is 1.57. The standard InChI is InChI=1S/C23H25N3O4/c1-2-3-8-17-14-19(27)29-22-20(17)21(28)24-23(25-22)30-26-18-12-7-11-16(13-18)15-9-5-4-6-10-15/h4-6,9-10,14,16H,2-3,7-8,11-13H2,1H3,(H,24,25,28)/b26-18+. The van der Waals surface area contributed by atoms with E-state index in [4.69, 9.17) is 9.25 Å². The summed E-state index contributed by atoms with van der Waals surface area (Å²) in [5, 5.41) is 4.53. The number of rotatable bonds is 6. The molecule has 1 fully saturated rings. The highest BCUT2D eigenvalue weighted by Crippen LogP contribution is 2.31. The minimum Gasteiger partial charge on any atom is -0.403 e. The number of nitrogens with one attached hydrogen (secondary N) is 1. The second-order valence-corrected chi connectivity index (χ2v) is 7.70. The summed E-state index contributed by atoms with van der Waals surface area (Å²) in [4.78, 5) is 36.7. The Kier molecular flexibility index (Phi) is 6.07. The fourth-order valence-electron chi connectivity index (χ4n) is 3.98. The van der Waals surface area contributed by atoms with Gasteiger partial charge < -0.3 is 9.25 Å². The Hall–Kier alpha value is -3.22. The molecule has 0 spiro atoms. The van der Waals surface area contributed by atoms with Crippen LogP contribution in [0.5, 0.6) is 6.01 Å². The Labute approximate surface area is 173 Å². The van der Waals surface area contributed by atoms with Crippen LogP contribution in [0.15, 0.2) is 55.6 Å². The highest BCUT2D eigenvalue weighted by molar-refractivity contribution is 5.85. The van der Waals surface area contributed by atoms with Gasteiger partial charge in [-0.3, -0.25) is 9.78 Å². The molecule has 0 amide bonds. The number of hydrogen-bond acceptors (Lipinski definition) is 6. The summed E-state index contributed by atoms with van der Waals surface area (Å²) >= 11 is 0. The number of aromatic nitrogens is 2. The van der Waals surface area contributed by atoms with E-state index in [1.54, 1.807) is 0 Å². The first-order valence-corrected chi connectivity index (χ1v) is 10.5. The van der Waals surface area contributed by atoms with E-state index in [0.29, 0.717) is 23.3 Å². The topological polar surface area (TPSA) is 97.5 Å². The summed E-state index contributed by atoms with van der Waals surface area (Å²) in [7, 11) is 0. The molecule has 7 heteroatoms. The number of aryl methyl sites for hydroxylation is 1. The van der Waals surface area contributed by atoms with Crippen molar-refractivity contribution in [3.05, 3.63) is 68.3 Å². The molecule has 0 aliphatic heterocycles. The Morgan fingerprint density at radius 2 is 2.10 bits per heavy atom. The van der Waals surface area contributed by atoms with E-state index in [9.17, 15) is 9.59 Å². The van der Waals surface area contributed by atoms with Crippen molar-refractivity contribution >= 4 is 16.8 Å².